The van der Waals surface area contributed by atoms with E-state index in [1.165, 1.54) is 20.7 Å². The molecule has 0 aliphatic heterocycles. The Bertz CT molecular complexity index is 834. The Morgan fingerprint density at radius 1 is 0.300 bits per heavy atom. The summed E-state index contributed by atoms with van der Waals surface area (Å²) in [7, 11) is 2.36. The largest absolute Gasteiger partial charge is 0.288 e. The molecule has 8 radical (unpaired) electrons. The number of benzene rings is 4. The summed E-state index contributed by atoms with van der Waals surface area (Å²) in [5.41, 5.74) is 0. The van der Waals surface area contributed by atoms with Gasteiger partial charge in [0.05, 0.1) is 0 Å². The van der Waals surface area contributed by atoms with Crippen LogP contribution in [-0.4, -0.2) is 47.4 Å². The van der Waals surface area contributed by atoms with E-state index in [1.807, 2.05) is 0 Å². The van der Waals surface area contributed by atoms with Gasteiger partial charge in [-0.1, -0.05) is 121 Å². The standard InChI is InChI=1S/C24H20N2Si4/c1-5-13-21(14-6-1)27-25(28-22-15-7-2-8-16-22)26(29-23-17-9-3-10-18-23)30-24-19-11-4-12-20-24/h1-20H. The molecule has 30 heavy (non-hydrogen) atoms. The minimum Gasteiger partial charge on any atom is -0.288 e. The van der Waals surface area contributed by atoms with Crippen LogP contribution >= 0.6 is 0 Å². The van der Waals surface area contributed by atoms with Crippen LogP contribution in [0.3, 0.4) is 0 Å². The number of nitrogens with zero attached hydrogens (tertiary/aromatic N) is 2. The summed E-state index contributed by atoms with van der Waals surface area (Å²) in [4.78, 5) is 0. The van der Waals surface area contributed by atoms with Crippen molar-refractivity contribution in [1.82, 2.24) is 8.68 Å². The van der Waals surface area contributed by atoms with E-state index < -0.39 is 0 Å². The molecule has 6 heteroatoms. The highest BCUT2D eigenvalue weighted by Gasteiger charge is 2.21. The van der Waals surface area contributed by atoms with Crippen molar-refractivity contribution in [2.45, 2.75) is 0 Å². The fraction of sp³-hybridized carbons (Fsp3) is 0. The van der Waals surface area contributed by atoms with E-state index in [0.717, 1.165) is 0 Å². The van der Waals surface area contributed by atoms with Crippen molar-refractivity contribution < 1.29 is 0 Å². The van der Waals surface area contributed by atoms with Crippen molar-refractivity contribution in [3.05, 3.63) is 121 Å². The summed E-state index contributed by atoms with van der Waals surface area (Å²) in [6.45, 7) is 0. The Balaban J connectivity index is 1.64. The van der Waals surface area contributed by atoms with Gasteiger partial charge in [0.15, 0.2) is 38.7 Å². The summed E-state index contributed by atoms with van der Waals surface area (Å²) in [5, 5.41) is 5.45. The molecule has 0 aliphatic rings. The van der Waals surface area contributed by atoms with E-state index in [4.69, 9.17) is 0 Å². The highest BCUT2D eigenvalue weighted by atomic mass is 28.3. The van der Waals surface area contributed by atoms with Crippen LogP contribution in [0.4, 0.5) is 0 Å². The molecule has 0 atom stereocenters. The highest BCUT2D eigenvalue weighted by Crippen LogP contribution is 1.97. The first-order chi connectivity index (χ1) is 14.9. The molecule has 0 N–H and O–H groups in total. The Morgan fingerprint density at radius 3 is 0.700 bits per heavy atom. The van der Waals surface area contributed by atoms with Crippen LogP contribution in [0.1, 0.15) is 0 Å². The van der Waals surface area contributed by atoms with Gasteiger partial charge < -0.3 is 0 Å². The average Bonchev–Trinajstić information content (AvgIpc) is 2.81. The summed E-state index contributed by atoms with van der Waals surface area (Å²) < 4.78 is 5.11. The number of rotatable bonds is 9. The van der Waals surface area contributed by atoms with Gasteiger partial charge in [0.25, 0.3) is 0 Å². The van der Waals surface area contributed by atoms with Crippen molar-refractivity contribution in [3.8, 4) is 0 Å². The van der Waals surface area contributed by atoms with E-state index in [-0.39, 0.29) is 0 Å². The summed E-state index contributed by atoms with van der Waals surface area (Å²) in [6.07, 6.45) is 0. The molecular weight excluding hydrogens is 429 g/mol. The van der Waals surface area contributed by atoms with Crippen LogP contribution in [0.25, 0.3) is 0 Å². The van der Waals surface area contributed by atoms with Crippen molar-refractivity contribution in [1.29, 1.82) is 0 Å². The molecule has 4 rings (SSSR count). The third kappa shape index (κ3) is 6.33. The van der Waals surface area contributed by atoms with E-state index in [2.05, 4.69) is 130 Å². The Kier molecular flexibility index (Phi) is 7.79. The Labute approximate surface area is 189 Å². The fourth-order valence-electron chi connectivity index (χ4n) is 2.80. The van der Waals surface area contributed by atoms with Crippen molar-refractivity contribution in [2.75, 3.05) is 0 Å². The third-order valence-corrected chi connectivity index (χ3v) is 10.4. The van der Waals surface area contributed by atoms with Gasteiger partial charge in [0, 0.05) is 0 Å². The van der Waals surface area contributed by atoms with Crippen LogP contribution < -0.4 is 20.7 Å². The molecule has 0 spiro atoms. The zero-order valence-corrected chi connectivity index (χ0v) is 20.4. The van der Waals surface area contributed by atoms with Crippen LogP contribution in [0, 0.1) is 0 Å². The van der Waals surface area contributed by atoms with Gasteiger partial charge in [0.2, 0.25) is 0 Å². The third-order valence-electron chi connectivity index (χ3n) is 4.24. The predicted molar refractivity (Wildman–Crippen MR) is 131 cm³/mol. The maximum Gasteiger partial charge on any atom is 0.189 e. The van der Waals surface area contributed by atoms with Crippen LogP contribution in [0.2, 0.25) is 0 Å². The van der Waals surface area contributed by atoms with Gasteiger partial charge >= 0.3 is 0 Å². The second-order valence-electron chi connectivity index (χ2n) is 6.53. The van der Waals surface area contributed by atoms with Crippen LogP contribution in [0.15, 0.2) is 121 Å². The molecule has 142 valence electrons. The molecule has 4 aromatic carbocycles. The maximum atomic E-state index is 2.56. The van der Waals surface area contributed by atoms with Crippen LogP contribution in [0.5, 0.6) is 0 Å². The number of hydrogen-bond acceptors (Lipinski definition) is 2. The first-order valence-corrected chi connectivity index (χ1v) is 13.5. The quantitative estimate of drug-likeness (QED) is 0.281. The van der Waals surface area contributed by atoms with E-state index >= 15 is 0 Å². The molecule has 0 amide bonds. The molecule has 0 aliphatic carbocycles. The van der Waals surface area contributed by atoms with Gasteiger partial charge in [-0.2, -0.15) is 0 Å². The van der Waals surface area contributed by atoms with Crippen molar-refractivity contribution in [2.24, 2.45) is 0 Å². The molecule has 0 heterocycles. The van der Waals surface area contributed by atoms with Crippen molar-refractivity contribution >= 4 is 59.5 Å². The van der Waals surface area contributed by atoms with Gasteiger partial charge in [0.1, 0.15) is 0 Å². The fourth-order valence-corrected chi connectivity index (χ4v) is 8.74. The lowest BCUT2D eigenvalue weighted by Crippen LogP contribution is -2.60. The first kappa shape index (κ1) is 20.9. The van der Waals surface area contributed by atoms with Gasteiger partial charge in [-0.05, 0) is 20.7 Å². The maximum absolute atomic E-state index is 2.56. The molecular formula is C24H20N2Si4. The lowest BCUT2D eigenvalue weighted by atomic mass is 10.4. The minimum absolute atomic E-state index is 0.590. The van der Waals surface area contributed by atoms with Gasteiger partial charge in [-0.3, -0.25) is 8.68 Å². The van der Waals surface area contributed by atoms with Gasteiger partial charge in [-0.25, -0.2) is 0 Å². The van der Waals surface area contributed by atoms with E-state index in [9.17, 15) is 0 Å². The van der Waals surface area contributed by atoms with E-state index in [1.54, 1.807) is 0 Å². The molecule has 0 aromatic heterocycles. The smallest absolute Gasteiger partial charge is 0.189 e. The highest BCUT2D eigenvalue weighted by molar-refractivity contribution is 6.72. The summed E-state index contributed by atoms with van der Waals surface area (Å²) in [5.74, 6) is 0. The minimum atomic E-state index is 0.590. The molecule has 0 saturated heterocycles. The van der Waals surface area contributed by atoms with E-state index in [0.29, 0.717) is 38.7 Å². The topological polar surface area (TPSA) is 6.48 Å². The van der Waals surface area contributed by atoms with Crippen LogP contribution in [-0.2, 0) is 0 Å². The lowest BCUT2D eigenvalue weighted by Gasteiger charge is -2.34. The summed E-state index contributed by atoms with van der Waals surface area (Å²) in [6, 6.07) is 43.3. The molecule has 4 aromatic rings. The molecule has 0 unspecified atom stereocenters. The Hall–Kier alpha value is -2.33. The zero-order valence-electron chi connectivity index (χ0n) is 16.4. The second-order valence-corrected chi connectivity index (χ2v) is 12.3. The lowest BCUT2D eigenvalue weighted by molar-refractivity contribution is 0.439. The molecule has 0 bridgehead atoms. The van der Waals surface area contributed by atoms with Gasteiger partial charge in [-0.15, -0.1) is 0 Å². The Morgan fingerprint density at radius 2 is 0.500 bits per heavy atom. The predicted octanol–water partition coefficient (Wildman–Crippen LogP) is 1.28. The SMILES string of the molecule is c1ccc([Si]N([Si]c2ccccc2)N([Si]c2ccccc2)[Si]c2ccccc2)cc1. The molecule has 0 saturated carbocycles. The first-order valence-electron chi connectivity index (χ1n) is 9.74. The number of hydrazine groups is 1. The molecule has 0 fully saturated rings. The zero-order chi connectivity index (χ0) is 20.4. The second kappa shape index (κ2) is 11.2. The van der Waals surface area contributed by atoms with Crippen molar-refractivity contribution in [3.63, 3.8) is 0 Å². The average molecular weight is 449 g/mol. The number of hydrogen-bond donors (Lipinski definition) is 0. The normalized spacial score (nSPS) is 11.1. The monoisotopic (exact) mass is 448 g/mol. The summed E-state index contributed by atoms with van der Waals surface area (Å²) >= 11 is 0. The molecule has 2 nitrogen and oxygen atoms in total.